The summed E-state index contributed by atoms with van der Waals surface area (Å²) in [5, 5.41) is 6.40. The molecule has 0 radical (unpaired) electrons. The monoisotopic (exact) mass is 474 g/mol. The van der Waals surface area contributed by atoms with Crippen LogP contribution in [0.2, 0.25) is 0 Å². The molecular formula is C19H31IN4O2. The van der Waals surface area contributed by atoms with E-state index in [1.165, 1.54) is 5.56 Å². The molecule has 0 aromatic heterocycles. The number of methoxy groups -OCH3 is 1. The number of amides is 1. The number of carbonyl (C=O) groups excluding carboxylic acids is 1. The maximum atomic E-state index is 12.7. The van der Waals surface area contributed by atoms with Crippen molar-refractivity contribution in [2.45, 2.75) is 39.2 Å². The van der Waals surface area contributed by atoms with Crippen molar-refractivity contribution < 1.29 is 9.53 Å². The minimum atomic E-state index is -0.300. The fraction of sp³-hybridized carbons (Fsp3) is 0.579. The number of ether oxygens (including phenoxy) is 1. The lowest BCUT2D eigenvalue weighted by Gasteiger charge is -2.29. The summed E-state index contributed by atoms with van der Waals surface area (Å²) in [6.45, 7) is 8.22. The molecule has 1 aliphatic heterocycles. The molecule has 1 aromatic carbocycles. The van der Waals surface area contributed by atoms with Crippen molar-refractivity contribution in [1.82, 2.24) is 10.6 Å². The zero-order chi connectivity index (χ0) is 18.3. The number of rotatable bonds is 6. The number of halogens is 1. The van der Waals surface area contributed by atoms with Crippen LogP contribution in [0.15, 0.2) is 29.3 Å². The summed E-state index contributed by atoms with van der Waals surface area (Å²) in [7, 11) is 1.68. The third kappa shape index (κ3) is 6.42. The summed E-state index contributed by atoms with van der Waals surface area (Å²) in [6.07, 6.45) is 2.02. The average Bonchev–Trinajstić information content (AvgIpc) is 2.63. The largest absolute Gasteiger partial charge is 0.377 e. The van der Waals surface area contributed by atoms with Crippen LogP contribution < -0.4 is 15.5 Å². The minimum Gasteiger partial charge on any atom is -0.377 e. The van der Waals surface area contributed by atoms with Gasteiger partial charge in [0, 0.05) is 32.4 Å². The van der Waals surface area contributed by atoms with E-state index in [4.69, 9.17) is 4.74 Å². The molecule has 6 nitrogen and oxygen atoms in total. The highest BCUT2D eigenvalue weighted by atomic mass is 127. The SMILES string of the molecule is CCNC(=NCC(=O)N1CCCc2ccccc21)NCC(C)(C)OC.I. The van der Waals surface area contributed by atoms with Gasteiger partial charge in [-0.3, -0.25) is 4.79 Å². The lowest BCUT2D eigenvalue weighted by Crippen LogP contribution is -2.46. The van der Waals surface area contributed by atoms with Crippen LogP contribution in [0.4, 0.5) is 5.69 Å². The number of anilines is 1. The molecule has 2 rings (SSSR count). The van der Waals surface area contributed by atoms with E-state index in [-0.39, 0.29) is 42.0 Å². The molecule has 1 heterocycles. The fourth-order valence-electron chi connectivity index (χ4n) is 2.74. The van der Waals surface area contributed by atoms with Crippen LogP contribution in [0.5, 0.6) is 0 Å². The molecule has 146 valence electrons. The minimum absolute atomic E-state index is 0. The Morgan fingerprint density at radius 2 is 2.04 bits per heavy atom. The lowest BCUT2D eigenvalue weighted by molar-refractivity contribution is -0.117. The van der Waals surface area contributed by atoms with E-state index >= 15 is 0 Å². The zero-order valence-corrected chi connectivity index (χ0v) is 18.5. The normalized spacial score (nSPS) is 14.3. The van der Waals surface area contributed by atoms with Crippen molar-refractivity contribution in [3.63, 3.8) is 0 Å². The number of carbonyl (C=O) groups is 1. The number of para-hydroxylation sites is 1. The van der Waals surface area contributed by atoms with Crippen LogP contribution in [0.3, 0.4) is 0 Å². The van der Waals surface area contributed by atoms with Crippen molar-refractivity contribution in [3.05, 3.63) is 29.8 Å². The Kier molecular flexibility index (Phi) is 9.35. The maximum absolute atomic E-state index is 12.7. The number of nitrogens with one attached hydrogen (secondary N) is 2. The fourth-order valence-corrected chi connectivity index (χ4v) is 2.74. The number of aliphatic imine (C=N–C) groups is 1. The van der Waals surface area contributed by atoms with Gasteiger partial charge in [-0.15, -0.1) is 24.0 Å². The van der Waals surface area contributed by atoms with Gasteiger partial charge in [0.25, 0.3) is 0 Å². The summed E-state index contributed by atoms with van der Waals surface area (Å²) in [5.74, 6) is 0.654. The second kappa shape index (κ2) is 10.7. The van der Waals surface area contributed by atoms with Crippen LogP contribution in [0, 0.1) is 0 Å². The number of hydrogen-bond donors (Lipinski definition) is 2. The van der Waals surface area contributed by atoms with E-state index in [2.05, 4.69) is 21.7 Å². The van der Waals surface area contributed by atoms with Gasteiger partial charge in [-0.25, -0.2) is 4.99 Å². The summed E-state index contributed by atoms with van der Waals surface area (Å²) in [5.41, 5.74) is 1.96. The summed E-state index contributed by atoms with van der Waals surface area (Å²) >= 11 is 0. The van der Waals surface area contributed by atoms with E-state index in [9.17, 15) is 4.79 Å². The third-order valence-electron chi connectivity index (χ3n) is 4.36. The van der Waals surface area contributed by atoms with Gasteiger partial charge in [-0.1, -0.05) is 18.2 Å². The Hall–Kier alpha value is -1.35. The van der Waals surface area contributed by atoms with Gasteiger partial charge >= 0.3 is 0 Å². The summed E-state index contributed by atoms with van der Waals surface area (Å²) in [4.78, 5) is 19.0. The molecule has 2 N–H and O–H groups in total. The van der Waals surface area contributed by atoms with E-state index in [1.54, 1.807) is 7.11 Å². The van der Waals surface area contributed by atoms with Crippen molar-refractivity contribution in [3.8, 4) is 0 Å². The standard InChI is InChI=1S/C19H30N4O2.HI/c1-5-20-18(22-14-19(2,3)25-4)21-13-17(24)23-12-8-10-15-9-6-7-11-16(15)23;/h6-7,9,11H,5,8,10,12-14H2,1-4H3,(H2,20,21,22);1H. The maximum Gasteiger partial charge on any atom is 0.248 e. The molecule has 0 bridgehead atoms. The zero-order valence-electron chi connectivity index (χ0n) is 16.2. The van der Waals surface area contributed by atoms with E-state index in [0.29, 0.717) is 12.5 Å². The molecule has 26 heavy (non-hydrogen) atoms. The predicted molar refractivity (Wildman–Crippen MR) is 118 cm³/mol. The van der Waals surface area contributed by atoms with Crippen molar-refractivity contribution in [1.29, 1.82) is 0 Å². The van der Waals surface area contributed by atoms with Gasteiger partial charge in [0.1, 0.15) is 6.54 Å². The number of fused-ring (bicyclic) bond motifs is 1. The van der Waals surface area contributed by atoms with Crippen molar-refractivity contribution in [2.75, 3.05) is 38.2 Å². The number of aryl methyl sites for hydroxylation is 1. The van der Waals surface area contributed by atoms with E-state index < -0.39 is 0 Å². The molecule has 1 aromatic rings. The second-order valence-corrected chi connectivity index (χ2v) is 6.79. The third-order valence-corrected chi connectivity index (χ3v) is 4.36. The Labute approximate surface area is 173 Å². The first-order valence-corrected chi connectivity index (χ1v) is 8.92. The quantitative estimate of drug-likeness (QED) is 0.378. The van der Waals surface area contributed by atoms with Crippen LogP contribution >= 0.6 is 24.0 Å². The molecule has 7 heteroatoms. The van der Waals surface area contributed by atoms with Gasteiger partial charge in [0.15, 0.2) is 5.96 Å². The van der Waals surface area contributed by atoms with Gasteiger partial charge in [0.05, 0.1) is 5.60 Å². The Morgan fingerprint density at radius 3 is 2.73 bits per heavy atom. The number of benzene rings is 1. The molecule has 0 saturated carbocycles. The molecule has 1 amide bonds. The van der Waals surface area contributed by atoms with Gasteiger partial charge < -0.3 is 20.3 Å². The number of hydrogen-bond acceptors (Lipinski definition) is 3. The molecule has 0 fully saturated rings. The molecule has 0 unspecified atom stereocenters. The van der Waals surface area contributed by atoms with E-state index in [0.717, 1.165) is 31.6 Å². The van der Waals surface area contributed by atoms with Crippen molar-refractivity contribution in [2.24, 2.45) is 4.99 Å². The van der Waals surface area contributed by atoms with Crippen LogP contribution in [-0.2, 0) is 16.0 Å². The number of guanidine groups is 1. The highest BCUT2D eigenvalue weighted by molar-refractivity contribution is 14.0. The Morgan fingerprint density at radius 1 is 1.31 bits per heavy atom. The number of nitrogens with zero attached hydrogens (tertiary/aromatic N) is 2. The highest BCUT2D eigenvalue weighted by Crippen LogP contribution is 2.26. The van der Waals surface area contributed by atoms with E-state index in [1.807, 2.05) is 43.9 Å². The molecule has 0 saturated heterocycles. The first-order chi connectivity index (χ1) is 12.0. The second-order valence-electron chi connectivity index (χ2n) is 6.79. The van der Waals surface area contributed by atoms with Gasteiger partial charge in [-0.2, -0.15) is 0 Å². The first kappa shape index (κ1) is 22.7. The van der Waals surface area contributed by atoms with Gasteiger partial charge in [-0.05, 0) is 45.2 Å². The average molecular weight is 474 g/mol. The topological polar surface area (TPSA) is 66.0 Å². The van der Waals surface area contributed by atoms with Crippen LogP contribution in [0.25, 0.3) is 0 Å². The molecule has 0 atom stereocenters. The van der Waals surface area contributed by atoms with Crippen LogP contribution in [0.1, 0.15) is 32.8 Å². The molecule has 0 aliphatic carbocycles. The van der Waals surface area contributed by atoms with Crippen molar-refractivity contribution >= 4 is 41.5 Å². The Balaban J connectivity index is 0.00000338. The molecule has 1 aliphatic rings. The van der Waals surface area contributed by atoms with Crippen LogP contribution in [-0.4, -0.2) is 50.8 Å². The molecular weight excluding hydrogens is 443 g/mol. The first-order valence-electron chi connectivity index (χ1n) is 8.92. The smallest absolute Gasteiger partial charge is 0.248 e. The highest BCUT2D eigenvalue weighted by Gasteiger charge is 2.22. The predicted octanol–water partition coefficient (Wildman–Crippen LogP) is 2.56. The summed E-state index contributed by atoms with van der Waals surface area (Å²) < 4.78 is 5.41. The lowest BCUT2D eigenvalue weighted by atomic mass is 10.0. The summed E-state index contributed by atoms with van der Waals surface area (Å²) in [6, 6.07) is 8.11. The van der Waals surface area contributed by atoms with Gasteiger partial charge in [0.2, 0.25) is 5.91 Å². The molecule has 0 spiro atoms. The Bertz CT molecular complexity index is 619.